The van der Waals surface area contributed by atoms with Crippen LogP contribution in [0.1, 0.15) is 38.0 Å². The summed E-state index contributed by atoms with van der Waals surface area (Å²) >= 11 is 0. The summed E-state index contributed by atoms with van der Waals surface area (Å²) < 4.78 is 17.4. The van der Waals surface area contributed by atoms with Crippen LogP contribution in [0.15, 0.2) is 30.3 Å². The number of aromatic hydroxyl groups is 1. The lowest BCUT2D eigenvalue weighted by molar-refractivity contribution is -0.200. The van der Waals surface area contributed by atoms with Crippen molar-refractivity contribution in [3.8, 4) is 23.6 Å². The van der Waals surface area contributed by atoms with Crippen molar-refractivity contribution in [1.29, 1.82) is 5.26 Å². The highest BCUT2D eigenvalue weighted by Crippen LogP contribution is 2.49. The summed E-state index contributed by atoms with van der Waals surface area (Å²) in [6, 6.07) is 9.77. The Balaban J connectivity index is 2.15. The molecule has 2 heterocycles. The molecule has 0 amide bonds. The van der Waals surface area contributed by atoms with E-state index in [0.29, 0.717) is 23.3 Å². The van der Waals surface area contributed by atoms with Gasteiger partial charge in [-0.05, 0) is 39.0 Å². The third-order valence-electron chi connectivity index (χ3n) is 4.64. The van der Waals surface area contributed by atoms with Crippen molar-refractivity contribution in [2.45, 2.75) is 38.1 Å². The van der Waals surface area contributed by atoms with Gasteiger partial charge in [-0.25, -0.2) is 0 Å². The Morgan fingerprint density at radius 3 is 2.65 bits per heavy atom. The largest absolute Gasteiger partial charge is 0.492 e. The van der Waals surface area contributed by atoms with Crippen LogP contribution in [0, 0.1) is 11.3 Å². The topological polar surface area (TPSA) is 115 Å². The first-order valence-electron chi connectivity index (χ1n) is 7.84. The van der Waals surface area contributed by atoms with Crippen molar-refractivity contribution in [1.82, 2.24) is 10.2 Å². The fourth-order valence-corrected chi connectivity index (χ4v) is 2.88. The summed E-state index contributed by atoms with van der Waals surface area (Å²) in [5, 5.41) is 25.9. The molecule has 1 aromatic heterocycles. The van der Waals surface area contributed by atoms with E-state index in [1.807, 2.05) is 0 Å². The maximum atomic E-state index is 11.2. The van der Waals surface area contributed by atoms with Crippen LogP contribution in [-0.2, 0) is 9.53 Å². The Labute approximate surface area is 149 Å². The van der Waals surface area contributed by atoms with Crippen molar-refractivity contribution in [3.63, 3.8) is 0 Å². The predicted octanol–water partition coefficient (Wildman–Crippen LogP) is 2.28. The molecule has 2 aromatic rings. The Bertz CT molecular complexity index is 875. The van der Waals surface area contributed by atoms with Crippen molar-refractivity contribution in [2.75, 3.05) is 0 Å². The molecule has 0 bridgehead atoms. The van der Waals surface area contributed by atoms with Crippen LogP contribution in [0.2, 0.25) is 0 Å². The van der Waals surface area contributed by atoms with Gasteiger partial charge in [-0.15, -0.1) is 10.2 Å². The highest BCUT2D eigenvalue weighted by Gasteiger charge is 2.57. The Kier molecular flexibility index (Phi) is 4.16. The minimum absolute atomic E-state index is 0.125. The summed E-state index contributed by atoms with van der Waals surface area (Å²) in [6.07, 6.45) is -0.821. The first-order valence-corrected chi connectivity index (χ1v) is 7.84. The molecule has 26 heavy (non-hydrogen) atoms. The number of benzene rings is 1. The SMILES string of the molecule is CC1(C)Oc2ccc(C#N)cc2C(Oc2ccc(O)nn2)C1(C)OC=O. The van der Waals surface area contributed by atoms with Crippen LogP contribution in [0.3, 0.4) is 0 Å². The number of nitrogens with zero attached hydrogens (tertiary/aromatic N) is 3. The molecule has 0 saturated heterocycles. The van der Waals surface area contributed by atoms with Crippen molar-refractivity contribution in [3.05, 3.63) is 41.5 Å². The van der Waals surface area contributed by atoms with Gasteiger partial charge < -0.3 is 19.3 Å². The van der Waals surface area contributed by atoms with Crippen LogP contribution in [-0.4, -0.2) is 33.0 Å². The van der Waals surface area contributed by atoms with Gasteiger partial charge in [0.15, 0.2) is 11.7 Å². The number of fused-ring (bicyclic) bond motifs is 1. The summed E-state index contributed by atoms with van der Waals surface area (Å²) in [6.45, 7) is 5.57. The average Bonchev–Trinajstić information content (AvgIpc) is 2.60. The molecule has 2 atom stereocenters. The third kappa shape index (κ3) is 2.77. The molecule has 0 saturated carbocycles. The lowest BCUT2D eigenvalue weighted by atomic mass is 9.76. The van der Waals surface area contributed by atoms with Gasteiger partial charge in [0.05, 0.1) is 11.6 Å². The number of rotatable bonds is 4. The lowest BCUT2D eigenvalue weighted by Crippen LogP contribution is -2.61. The van der Waals surface area contributed by atoms with Crippen LogP contribution in [0.25, 0.3) is 0 Å². The number of hydrogen-bond acceptors (Lipinski definition) is 8. The van der Waals surface area contributed by atoms with Gasteiger partial charge in [0.25, 0.3) is 6.47 Å². The molecule has 2 unspecified atom stereocenters. The van der Waals surface area contributed by atoms with E-state index in [4.69, 9.17) is 14.2 Å². The van der Waals surface area contributed by atoms with E-state index >= 15 is 0 Å². The fourth-order valence-electron chi connectivity index (χ4n) is 2.88. The van der Waals surface area contributed by atoms with Crippen LogP contribution >= 0.6 is 0 Å². The van der Waals surface area contributed by atoms with Gasteiger partial charge in [0, 0.05) is 17.7 Å². The molecule has 8 nitrogen and oxygen atoms in total. The molecule has 0 spiro atoms. The smallest absolute Gasteiger partial charge is 0.293 e. The fraction of sp³-hybridized carbons (Fsp3) is 0.333. The molecule has 0 aliphatic carbocycles. The van der Waals surface area contributed by atoms with E-state index in [2.05, 4.69) is 16.3 Å². The van der Waals surface area contributed by atoms with Crippen LogP contribution in [0.5, 0.6) is 17.5 Å². The molecule has 0 fully saturated rings. The molecule has 3 rings (SSSR count). The second-order valence-corrected chi connectivity index (χ2v) is 6.53. The summed E-state index contributed by atoms with van der Waals surface area (Å²) in [5.41, 5.74) is -1.21. The third-order valence-corrected chi connectivity index (χ3v) is 4.64. The molecule has 1 aliphatic rings. The zero-order valence-corrected chi connectivity index (χ0v) is 14.5. The summed E-state index contributed by atoms with van der Waals surface area (Å²) in [7, 11) is 0. The van der Waals surface area contributed by atoms with Gasteiger partial charge in [-0.1, -0.05) is 0 Å². The number of aromatic nitrogens is 2. The molecule has 134 valence electrons. The highest BCUT2D eigenvalue weighted by atomic mass is 16.6. The molecule has 1 N–H and O–H groups in total. The monoisotopic (exact) mass is 355 g/mol. The normalized spacial score (nSPS) is 23.1. The molecule has 8 heteroatoms. The second-order valence-electron chi connectivity index (χ2n) is 6.53. The number of ether oxygens (including phenoxy) is 3. The van der Waals surface area contributed by atoms with Crippen molar-refractivity contribution >= 4 is 6.47 Å². The minimum Gasteiger partial charge on any atom is -0.492 e. The van der Waals surface area contributed by atoms with E-state index in [1.54, 1.807) is 39.0 Å². The Morgan fingerprint density at radius 2 is 2.04 bits per heavy atom. The van der Waals surface area contributed by atoms with Gasteiger partial charge in [-0.2, -0.15) is 5.26 Å². The maximum absolute atomic E-state index is 11.2. The number of carbonyl (C=O) groups is 1. The first-order chi connectivity index (χ1) is 12.3. The molecule has 1 aromatic carbocycles. The predicted molar refractivity (Wildman–Crippen MR) is 88.5 cm³/mol. The number of hydrogen-bond donors (Lipinski definition) is 1. The zero-order chi connectivity index (χ0) is 18.9. The van der Waals surface area contributed by atoms with Gasteiger partial charge in [0.2, 0.25) is 11.8 Å². The first kappa shape index (κ1) is 17.5. The van der Waals surface area contributed by atoms with Crippen LogP contribution < -0.4 is 9.47 Å². The van der Waals surface area contributed by atoms with Crippen molar-refractivity contribution in [2.24, 2.45) is 0 Å². The van der Waals surface area contributed by atoms with Gasteiger partial charge in [-0.3, -0.25) is 4.79 Å². The van der Waals surface area contributed by atoms with Crippen molar-refractivity contribution < 1.29 is 24.1 Å². The molecule has 1 aliphatic heterocycles. The Hall–Kier alpha value is -3.34. The highest BCUT2D eigenvalue weighted by molar-refractivity contribution is 5.49. The second kappa shape index (κ2) is 6.19. The van der Waals surface area contributed by atoms with Crippen LogP contribution in [0.4, 0.5) is 0 Å². The average molecular weight is 355 g/mol. The summed E-state index contributed by atoms with van der Waals surface area (Å²) in [4.78, 5) is 11.2. The molecular weight excluding hydrogens is 338 g/mol. The zero-order valence-electron chi connectivity index (χ0n) is 14.5. The molecular formula is C18H17N3O5. The van der Waals surface area contributed by atoms with E-state index in [-0.39, 0.29) is 11.8 Å². The Morgan fingerprint density at radius 1 is 1.27 bits per heavy atom. The maximum Gasteiger partial charge on any atom is 0.293 e. The lowest BCUT2D eigenvalue weighted by Gasteiger charge is -2.50. The quantitative estimate of drug-likeness (QED) is 0.831. The summed E-state index contributed by atoms with van der Waals surface area (Å²) in [5.74, 6) is 0.390. The number of nitriles is 1. The van der Waals surface area contributed by atoms with E-state index in [0.717, 1.165) is 0 Å². The number of carbonyl (C=O) groups excluding carboxylic acids is 1. The minimum atomic E-state index is -1.23. The van der Waals surface area contributed by atoms with Gasteiger partial charge >= 0.3 is 0 Å². The van der Waals surface area contributed by atoms with E-state index in [1.165, 1.54) is 12.1 Å². The van der Waals surface area contributed by atoms with E-state index < -0.39 is 17.3 Å². The van der Waals surface area contributed by atoms with Gasteiger partial charge in [0.1, 0.15) is 11.4 Å². The van der Waals surface area contributed by atoms with E-state index in [9.17, 15) is 15.2 Å². The standard InChI is InChI=1S/C18H17N3O5/c1-17(2)18(3,24-10-22)16(25-15-7-6-14(23)20-21-15)12-8-11(9-19)4-5-13(12)26-17/h4-8,10,16H,1-3H3,(H,20,23). The molecule has 0 radical (unpaired) electrons.